The lowest BCUT2D eigenvalue weighted by Crippen LogP contribution is -2.31. The van der Waals surface area contributed by atoms with E-state index in [1.807, 2.05) is 60.7 Å². The number of nitro benzene ring substituents is 1. The molecule has 36 heavy (non-hydrogen) atoms. The average molecular weight is 500 g/mol. The van der Waals surface area contributed by atoms with Gasteiger partial charge >= 0.3 is 0 Å². The molecule has 2 aromatic carbocycles. The second kappa shape index (κ2) is 10.6. The Morgan fingerprint density at radius 2 is 1.81 bits per heavy atom. The zero-order valence-corrected chi connectivity index (χ0v) is 20.2. The molecular formula is C27H25N5O3S. The minimum atomic E-state index is -0.412. The Hall–Kier alpha value is -4.24. The maximum absolute atomic E-state index is 11.0. The fraction of sp³-hybridized carbons (Fsp3) is 0.185. The first-order valence-electron chi connectivity index (χ1n) is 11.7. The van der Waals surface area contributed by atoms with E-state index in [-0.39, 0.29) is 17.8 Å². The van der Waals surface area contributed by atoms with E-state index in [1.165, 1.54) is 12.1 Å². The highest BCUT2D eigenvalue weighted by Crippen LogP contribution is 2.40. The van der Waals surface area contributed by atoms with Gasteiger partial charge in [-0.2, -0.15) is 0 Å². The molecule has 0 bridgehead atoms. The van der Waals surface area contributed by atoms with Gasteiger partial charge in [-0.3, -0.25) is 15.1 Å². The van der Waals surface area contributed by atoms with Gasteiger partial charge in [0.25, 0.3) is 5.69 Å². The van der Waals surface area contributed by atoms with Gasteiger partial charge in [-0.25, -0.2) is 0 Å². The smallest absolute Gasteiger partial charge is 0.269 e. The van der Waals surface area contributed by atoms with Crippen LogP contribution in [0.3, 0.4) is 0 Å². The van der Waals surface area contributed by atoms with Crippen LogP contribution in [0.4, 0.5) is 11.4 Å². The van der Waals surface area contributed by atoms with Crippen molar-refractivity contribution >= 4 is 28.7 Å². The first-order valence-corrected chi connectivity index (χ1v) is 12.1. The van der Waals surface area contributed by atoms with E-state index in [9.17, 15) is 10.1 Å². The van der Waals surface area contributed by atoms with E-state index in [2.05, 4.69) is 20.5 Å². The van der Waals surface area contributed by atoms with Crippen LogP contribution in [0.15, 0.2) is 95.5 Å². The van der Waals surface area contributed by atoms with Crippen molar-refractivity contribution in [3.63, 3.8) is 0 Å². The van der Waals surface area contributed by atoms with E-state index >= 15 is 0 Å². The number of nitro groups is 1. The summed E-state index contributed by atoms with van der Waals surface area (Å²) in [6.07, 6.45) is 2.64. The number of benzene rings is 2. The van der Waals surface area contributed by atoms with Crippen LogP contribution in [0.25, 0.3) is 11.3 Å². The summed E-state index contributed by atoms with van der Waals surface area (Å²) in [6, 6.07) is 25.8. The highest BCUT2D eigenvalue weighted by Gasteiger charge is 2.41. The molecule has 0 spiro atoms. The summed E-state index contributed by atoms with van der Waals surface area (Å²) in [5.41, 5.74) is 2.78. The molecule has 1 fully saturated rings. The third kappa shape index (κ3) is 5.06. The Morgan fingerprint density at radius 1 is 1.03 bits per heavy atom. The fourth-order valence-corrected chi connectivity index (χ4v) is 4.74. The monoisotopic (exact) mass is 499 g/mol. The molecule has 0 radical (unpaired) electrons. The number of anilines is 1. The summed E-state index contributed by atoms with van der Waals surface area (Å²) < 4.78 is 6.31. The zero-order valence-electron chi connectivity index (χ0n) is 19.4. The van der Waals surface area contributed by atoms with Gasteiger partial charge in [-0.1, -0.05) is 24.3 Å². The number of hydrogen-bond acceptors (Lipinski definition) is 6. The molecule has 0 aliphatic carbocycles. The Morgan fingerprint density at radius 3 is 2.53 bits per heavy atom. The summed E-state index contributed by atoms with van der Waals surface area (Å²) in [5.74, 6) is 1.39. The Balaban J connectivity index is 1.37. The van der Waals surface area contributed by atoms with E-state index in [1.54, 1.807) is 18.3 Å². The zero-order chi connectivity index (χ0) is 24.9. The number of non-ortho nitro benzene ring substituents is 1. The summed E-state index contributed by atoms with van der Waals surface area (Å²) in [5, 5.41) is 18.5. The normalized spacial score (nSPS) is 17.1. The molecular weight excluding hydrogens is 474 g/mol. The lowest BCUT2D eigenvalue weighted by Gasteiger charge is -2.26. The van der Waals surface area contributed by atoms with E-state index < -0.39 is 4.92 Å². The number of nitrogens with one attached hydrogen (secondary N) is 2. The first-order chi connectivity index (χ1) is 17.6. The maximum atomic E-state index is 11.0. The van der Waals surface area contributed by atoms with Gasteiger partial charge in [0.1, 0.15) is 17.6 Å². The van der Waals surface area contributed by atoms with E-state index in [4.69, 9.17) is 16.6 Å². The SMILES string of the molecule is O=[N+]([O-])c1ccc(-c2ccc(C3C(c4ccccn4)NC(=S)N3CCCNc3ccccc3)o2)cc1. The number of hydrogen-bond donors (Lipinski definition) is 2. The Kier molecular flexibility index (Phi) is 6.90. The molecule has 2 aromatic heterocycles. The number of thiocarbonyl (C=S) groups is 1. The molecule has 8 nitrogen and oxygen atoms in total. The first kappa shape index (κ1) is 23.5. The number of para-hydroxylation sites is 1. The minimum Gasteiger partial charge on any atom is -0.459 e. The molecule has 2 N–H and O–H groups in total. The van der Waals surface area contributed by atoms with Crippen molar-refractivity contribution in [1.29, 1.82) is 0 Å². The summed E-state index contributed by atoms with van der Waals surface area (Å²) in [7, 11) is 0. The molecule has 182 valence electrons. The van der Waals surface area contributed by atoms with Crippen LogP contribution >= 0.6 is 12.2 Å². The highest BCUT2D eigenvalue weighted by atomic mass is 32.1. The summed E-state index contributed by atoms with van der Waals surface area (Å²) in [6.45, 7) is 1.53. The fourth-order valence-electron chi connectivity index (χ4n) is 4.41. The predicted molar refractivity (Wildman–Crippen MR) is 143 cm³/mol. The number of aromatic nitrogens is 1. The molecule has 1 aliphatic rings. The Labute approximate surface area is 214 Å². The van der Waals surface area contributed by atoms with Crippen LogP contribution in [-0.2, 0) is 0 Å². The highest BCUT2D eigenvalue weighted by molar-refractivity contribution is 7.80. The van der Waals surface area contributed by atoms with Gasteiger partial charge in [-0.05, 0) is 67.2 Å². The molecule has 2 atom stereocenters. The van der Waals surface area contributed by atoms with Crippen LogP contribution in [0.5, 0.6) is 0 Å². The second-order valence-corrected chi connectivity index (χ2v) is 8.86. The van der Waals surface area contributed by atoms with Crippen molar-refractivity contribution in [2.75, 3.05) is 18.4 Å². The molecule has 9 heteroatoms. The largest absolute Gasteiger partial charge is 0.459 e. The molecule has 0 amide bonds. The average Bonchev–Trinajstić information content (AvgIpc) is 3.52. The van der Waals surface area contributed by atoms with E-state index in [0.29, 0.717) is 10.9 Å². The molecule has 3 heterocycles. The van der Waals surface area contributed by atoms with Gasteiger partial charge < -0.3 is 20.0 Å². The lowest BCUT2D eigenvalue weighted by molar-refractivity contribution is -0.384. The van der Waals surface area contributed by atoms with Gasteiger partial charge in [0.05, 0.1) is 16.7 Å². The van der Waals surface area contributed by atoms with Gasteiger partial charge in [0.15, 0.2) is 5.11 Å². The quantitative estimate of drug-likeness (QED) is 0.131. The number of pyridine rings is 1. The van der Waals surface area contributed by atoms with Gasteiger partial charge in [0.2, 0.25) is 0 Å². The van der Waals surface area contributed by atoms with Crippen LogP contribution in [0, 0.1) is 10.1 Å². The van der Waals surface area contributed by atoms with Crippen molar-refractivity contribution in [2.24, 2.45) is 0 Å². The molecule has 2 unspecified atom stereocenters. The summed E-state index contributed by atoms with van der Waals surface area (Å²) >= 11 is 5.74. The number of nitrogens with zero attached hydrogens (tertiary/aromatic N) is 3. The lowest BCUT2D eigenvalue weighted by atomic mass is 10.0. The van der Waals surface area contributed by atoms with Crippen LogP contribution in [0.2, 0.25) is 0 Å². The van der Waals surface area contributed by atoms with Crippen LogP contribution < -0.4 is 10.6 Å². The second-order valence-electron chi connectivity index (χ2n) is 8.47. The molecule has 5 rings (SSSR count). The maximum Gasteiger partial charge on any atom is 0.269 e. The van der Waals surface area contributed by atoms with Gasteiger partial charge in [-0.15, -0.1) is 0 Å². The van der Waals surface area contributed by atoms with Crippen molar-refractivity contribution in [3.05, 3.63) is 113 Å². The van der Waals surface area contributed by atoms with Crippen LogP contribution in [-0.4, -0.2) is 33.0 Å². The van der Waals surface area contributed by atoms with Crippen molar-refractivity contribution in [1.82, 2.24) is 15.2 Å². The standard InChI is InChI=1S/C27H25N5O3S/c33-32(34)21-12-10-19(11-13-21)23-14-15-24(35-23)26-25(22-9-4-5-16-29-22)30-27(36)31(26)18-6-17-28-20-7-2-1-3-8-20/h1-5,7-16,25-26,28H,6,17-18H2,(H,30,36). The van der Waals surface area contributed by atoms with Crippen molar-refractivity contribution < 1.29 is 9.34 Å². The Bertz CT molecular complexity index is 1330. The molecule has 1 aliphatic heterocycles. The summed E-state index contributed by atoms with van der Waals surface area (Å²) in [4.78, 5) is 17.3. The molecule has 0 saturated carbocycles. The molecule has 1 saturated heterocycles. The molecule has 4 aromatic rings. The predicted octanol–water partition coefficient (Wildman–Crippen LogP) is 5.72. The third-order valence-corrected chi connectivity index (χ3v) is 6.51. The number of rotatable bonds is 9. The third-order valence-electron chi connectivity index (χ3n) is 6.16. The topological polar surface area (TPSA) is 96.5 Å². The van der Waals surface area contributed by atoms with Crippen LogP contribution in [0.1, 0.15) is 30.0 Å². The minimum absolute atomic E-state index is 0.0429. The van der Waals surface area contributed by atoms with Crippen molar-refractivity contribution in [3.8, 4) is 11.3 Å². The van der Waals surface area contributed by atoms with Crippen molar-refractivity contribution in [2.45, 2.75) is 18.5 Å². The van der Waals surface area contributed by atoms with Gasteiger partial charge in [0, 0.05) is 42.7 Å². The number of furan rings is 1. The van der Waals surface area contributed by atoms with E-state index in [0.717, 1.165) is 42.2 Å².